The molecule has 1 aromatic carbocycles. The lowest BCUT2D eigenvalue weighted by Gasteiger charge is -2.29. The summed E-state index contributed by atoms with van der Waals surface area (Å²) in [7, 11) is 4.54. The van der Waals surface area contributed by atoms with Gasteiger partial charge in [0.15, 0.2) is 11.5 Å². The number of unbranched alkanes of at least 4 members (excludes halogenated alkanes) is 1. The van der Waals surface area contributed by atoms with Crippen molar-refractivity contribution in [2.75, 3.05) is 33.6 Å². The number of methoxy groups -OCH3 is 3. The third kappa shape index (κ3) is 4.93. The molecule has 0 radical (unpaired) electrons. The maximum atomic E-state index is 13.7. The van der Waals surface area contributed by atoms with E-state index in [1.807, 2.05) is 17.5 Å². The van der Waals surface area contributed by atoms with Gasteiger partial charge in [-0.1, -0.05) is 19.4 Å². The summed E-state index contributed by atoms with van der Waals surface area (Å²) in [4.78, 5) is 29.4. The molecular formula is C22H28N2O5S2. The Morgan fingerprint density at radius 2 is 1.87 bits per heavy atom. The highest BCUT2D eigenvalue weighted by Crippen LogP contribution is 2.45. The molecule has 0 spiro atoms. The van der Waals surface area contributed by atoms with E-state index in [-0.39, 0.29) is 17.2 Å². The topological polar surface area (TPSA) is 77.1 Å². The van der Waals surface area contributed by atoms with Crippen molar-refractivity contribution in [2.45, 2.75) is 31.2 Å². The normalized spacial score (nSPS) is 18.0. The molecule has 0 bridgehead atoms. The molecule has 2 unspecified atom stereocenters. The molecule has 9 heteroatoms. The molecular weight excluding hydrogens is 436 g/mol. The van der Waals surface area contributed by atoms with Crippen LogP contribution in [0.15, 0.2) is 29.6 Å². The van der Waals surface area contributed by atoms with Crippen molar-refractivity contribution >= 4 is 34.9 Å². The molecule has 3 rings (SSSR count). The second-order valence-corrected chi connectivity index (χ2v) is 9.08. The summed E-state index contributed by atoms with van der Waals surface area (Å²) in [6.07, 6.45) is 1.90. The first-order valence-electron chi connectivity index (χ1n) is 10.1. The van der Waals surface area contributed by atoms with Gasteiger partial charge in [0, 0.05) is 22.7 Å². The summed E-state index contributed by atoms with van der Waals surface area (Å²) in [5.41, 5.74) is 0.380. The van der Waals surface area contributed by atoms with Crippen LogP contribution in [0.3, 0.4) is 0 Å². The second kappa shape index (κ2) is 10.8. The van der Waals surface area contributed by atoms with Crippen LogP contribution in [0.1, 0.15) is 40.4 Å². The van der Waals surface area contributed by atoms with Gasteiger partial charge in [-0.15, -0.1) is 23.1 Å². The molecule has 1 N–H and O–H groups in total. The van der Waals surface area contributed by atoms with Crippen LogP contribution >= 0.6 is 23.1 Å². The predicted octanol–water partition coefficient (Wildman–Crippen LogP) is 3.95. The second-order valence-electron chi connectivity index (χ2n) is 6.99. The average molecular weight is 465 g/mol. The maximum absolute atomic E-state index is 13.7. The molecule has 0 aliphatic carbocycles. The number of amides is 2. The predicted molar refractivity (Wildman–Crippen MR) is 123 cm³/mol. The van der Waals surface area contributed by atoms with Crippen LogP contribution in [0.4, 0.5) is 0 Å². The number of thiophene rings is 1. The maximum Gasteiger partial charge on any atom is 0.256 e. The molecule has 168 valence electrons. The zero-order chi connectivity index (χ0) is 22.4. The van der Waals surface area contributed by atoms with E-state index < -0.39 is 6.04 Å². The fraction of sp³-hybridized carbons (Fsp3) is 0.455. The number of carbonyl (C=O) groups excluding carboxylic acids is 2. The van der Waals surface area contributed by atoms with Crippen LogP contribution in [0.25, 0.3) is 0 Å². The van der Waals surface area contributed by atoms with E-state index in [0.29, 0.717) is 35.1 Å². The van der Waals surface area contributed by atoms with Crippen LogP contribution in [0.5, 0.6) is 17.2 Å². The highest BCUT2D eigenvalue weighted by molar-refractivity contribution is 7.99. The van der Waals surface area contributed by atoms with Crippen LogP contribution in [-0.4, -0.2) is 56.4 Å². The molecule has 31 heavy (non-hydrogen) atoms. The van der Waals surface area contributed by atoms with E-state index >= 15 is 0 Å². The molecule has 2 atom stereocenters. The van der Waals surface area contributed by atoms with Gasteiger partial charge < -0.3 is 24.4 Å². The minimum absolute atomic E-state index is 0.124. The van der Waals surface area contributed by atoms with Gasteiger partial charge in [-0.2, -0.15) is 0 Å². The van der Waals surface area contributed by atoms with E-state index in [0.717, 1.165) is 17.7 Å². The van der Waals surface area contributed by atoms with Crippen LogP contribution < -0.4 is 19.5 Å². The van der Waals surface area contributed by atoms with E-state index in [1.165, 1.54) is 21.3 Å². The van der Waals surface area contributed by atoms with Gasteiger partial charge in [0.05, 0.1) is 21.3 Å². The number of rotatable bonds is 9. The Morgan fingerprint density at radius 3 is 2.42 bits per heavy atom. The van der Waals surface area contributed by atoms with Gasteiger partial charge in [-0.3, -0.25) is 9.59 Å². The fourth-order valence-electron chi connectivity index (χ4n) is 3.47. The molecule has 1 aromatic heterocycles. The summed E-state index contributed by atoms with van der Waals surface area (Å²) in [6, 6.07) is 6.65. The number of thioether (sulfide) groups is 1. The Labute approximate surface area is 191 Å². The van der Waals surface area contributed by atoms with Crippen molar-refractivity contribution in [3.8, 4) is 17.2 Å². The summed E-state index contributed by atoms with van der Waals surface area (Å²) in [5.74, 6) is 1.37. The summed E-state index contributed by atoms with van der Waals surface area (Å²) >= 11 is 3.18. The number of carbonyl (C=O) groups is 2. The van der Waals surface area contributed by atoms with Crippen LogP contribution in [0.2, 0.25) is 0 Å². The van der Waals surface area contributed by atoms with Crippen molar-refractivity contribution in [1.82, 2.24) is 10.2 Å². The lowest BCUT2D eigenvalue weighted by molar-refractivity contribution is -0.124. The highest BCUT2D eigenvalue weighted by atomic mass is 32.2. The van der Waals surface area contributed by atoms with Gasteiger partial charge in [-0.25, -0.2) is 0 Å². The molecule has 7 nitrogen and oxygen atoms in total. The van der Waals surface area contributed by atoms with Crippen molar-refractivity contribution in [3.63, 3.8) is 0 Å². The Kier molecular flexibility index (Phi) is 8.09. The molecule has 1 saturated heterocycles. The monoisotopic (exact) mass is 464 g/mol. The minimum atomic E-state index is -0.555. The SMILES string of the molecule is CCCCNC(=O)C1CSC(c2cccs2)N1C(=O)c1cc(OC)c(OC)c(OC)c1. The lowest BCUT2D eigenvalue weighted by Crippen LogP contribution is -2.48. The van der Waals surface area contributed by atoms with E-state index in [2.05, 4.69) is 12.2 Å². The number of ether oxygens (including phenoxy) is 3. The van der Waals surface area contributed by atoms with Crippen molar-refractivity contribution < 1.29 is 23.8 Å². The number of hydrogen-bond donors (Lipinski definition) is 1. The first kappa shape index (κ1) is 23.3. The Morgan fingerprint density at radius 1 is 1.16 bits per heavy atom. The van der Waals surface area contributed by atoms with Crippen molar-refractivity contribution in [1.29, 1.82) is 0 Å². The van der Waals surface area contributed by atoms with E-state index in [9.17, 15) is 9.59 Å². The minimum Gasteiger partial charge on any atom is -0.493 e. The quantitative estimate of drug-likeness (QED) is 0.567. The zero-order valence-electron chi connectivity index (χ0n) is 18.2. The number of nitrogens with one attached hydrogen (secondary N) is 1. The first-order valence-corrected chi connectivity index (χ1v) is 12.0. The average Bonchev–Trinajstić information content (AvgIpc) is 3.47. The standard InChI is InChI=1S/C22H28N2O5S2/c1-5-6-9-23-20(25)15-13-31-22(18-8-7-10-30-18)24(15)21(26)14-11-16(27-2)19(29-4)17(12-14)28-3/h7-8,10-12,15,22H,5-6,9,13H2,1-4H3,(H,23,25). The molecule has 1 fully saturated rings. The number of hydrogen-bond acceptors (Lipinski definition) is 7. The molecule has 2 aromatic rings. The molecule has 2 heterocycles. The third-order valence-electron chi connectivity index (χ3n) is 5.07. The highest BCUT2D eigenvalue weighted by Gasteiger charge is 2.43. The fourth-order valence-corrected chi connectivity index (χ4v) is 5.86. The molecule has 1 aliphatic rings. The van der Waals surface area contributed by atoms with Gasteiger partial charge in [0.1, 0.15) is 11.4 Å². The smallest absolute Gasteiger partial charge is 0.256 e. The van der Waals surface area contributed by atoms with Crippen LogP contribution in [0, 0.1) is 0 Å². The van der Waals surface area contributed by atoms with Crippen LogP contribution in [-0.2, 0) is 4.79 Å². The molecule has 0 saturated carbocycles. The van der Waals surface area contributed by atoms with E-state index in [4.69, 9.17) is 14.2 Å². The summed E-state index contributed by atoms with van der Waals surface area (Å²) < 4.78 is 16.2. The van der Waals surface area contributed by atoms with Gasteiger partial charge in [0.2, 0.25) is 11.7 Å². The number of benzene rings is 1. The zero-order valence-corrected chi connectivity index (χ0v) is 19.8. The Hall–Kier alpha value is -2.39. The largest absolute Gasteiger partial charge is 0.493 e. The summed E-state index contributed by atoms with van der Waals surface area (Å²) in [5, 5.41) is 4.73. The third-order valence-corrected chi connectivity index (χ3v) is 7.44. The Bertz CT molecular complexity index is 878. The number of nitrogens with zero attached hydrogens (tertiary/aromatic N) is 1. The van der Waals surface area contributed by atoms with E-state index in [1.54, 1.807) is 40.1 Å². The lowest BCUT2D eigenvalue weighted by atomic mass is 10.1. The molecule has 2 amide bonds. The Balaban J connectivity index is 1.97. The van der Waals surface area contributed by atoms with Gasteiger partial charge in [0.25, 0.3) is 5.91 Å². The van der Waals surface area contributed by atoms with Gasteiger partial charge >= 0.3 is 0 Å². The molecule has 1 aliphatic heterocycles. The van der Waals surface area contributed by atoms with Gasteiger partial charge in [-0.05, 0) is 30.0 Å². The van der Waals surface area contributed by atoms with Crippen molar-refractivity contribution in [3.05, 3.63) is 40.1 Å². The van der Waals surface area contributed by atoms with Crippen molar-refractivity contribution in [2.24, 2.45) is 0 Å². The summed E-state index contributed by atoms with van der Waals surface area (Å²) in [6.45, 7) is 2.68. The first-order chi connectivity index (χ1) is 15.0.